The van der Waals surface area contributed by atoms with Crippen molar-refractivity contribution in [3.63, 3.8) is 0 Å². The van der Waals surface area contributed by atoms with Crippen LogP contribution in [0.5, 0.6) is 0 Å². The Morgan fingerprint density at radius 2 is 1.69 bits per heavy atom. The van der Waals surface area contributed by atoms with Crippen LogP contribution in [0.2, 0.25) is 0 Å². The average molecular weight is 503 g/mol. The van der Waals surface area contributed by atoms with Crippen LogP contribution in [-0.4, -0.2) is 34.9 Å². The standard InChI is InChI=1S/C27H19FN2O5S/c1-14-3-5-16(6-4-14)23(31)21-22(15-7-9-17(10-8-15)26(34)35-2)30(25(33)24(21)32)27-29-19-12-11-18(28)13-20(19)36-27/h3-13,22,31H,1-2H3/b23-21+/t22-/m1/s1. The minimum atomic E-state index is -1.02. The Morgan fingerprint density at radius 1 is 1.03 bits per heavy atom. The number of thiazole rings is 1. The number of anilines is 1. The second-order valence-electron chi connectivity index (χ2n) is 8.26. The van der Waals surface area contributed by atoms with Crippen LogP contribution >= 0.6 is 11.3 Å². The Hall–Kier alpha value is -4.37. The number of carbonyl (C=O) groups excluding carboxylic acids is 3. The van der Waals surface area contributed by atoms with Crippen molar-refractivity contribution in [2.24, 2.45) is 0 Å². The summed E-state index contributed by atoms with van der Waals surface area (Å²) < 4.78 is 19.0. The van der Waals surface area contributed by atoms with E-state index in [1.165, 1.54) is 42.3 Å². The van der Waals surface area contributed by atoms with Crippen molar-refractivity contribution in [3.05, 3.63) is 100 Å². The molecule has 0 unspecified atom stereocenters. The molecule has 0 spiro atoms. The number of carbonyl (C=O) groups is 3. The van der Waals surface area contributed by atoms with E-state index in [1.807, 2.05) is 6.92 Å². The van der Waals surface area contributed by atoms with Crippen LogP contribution in [-0.2, 0) is 14.3 Å². The van der Waals surface area contributed by atoms with Gasteiger partial charge in [-0.1, -0.05) is 53.3 Å². The van der Waals surface area contributed by atoms with Gasteiger partial charge in [0.15, 0.2) is 5.13 Å². The molecule has 1 N–H and O–H groups in total. The number of Topliss-reactive ketones (excluding diaryl/α,β-unsaturated/α-hetero) is 1. The topological polar surface area (TPSA) is 96.8 Å². The Bertz CT molecular complexity index is 1560. The van der Waals surface area contributed by atoms with Crippen LogP contribution in [0.3, 0.4) is 0 Å². The van der Waals surface area contributed by atoms with E-state index in [0.29, 0.717) is 21.3 Å². The van der Waals surface area contributed by atoms with Crippen LogP contribution in [0.1, 0.15) is 33.1 Å². The molecule has 7 nitrogen and oxygen atoms in total. The Labute approximate surface area is 209 Å². The lowest BCUT2D eigenvalue weighted by Gasteiger charge is -2.23. The third-order valence-electron chi connectivity index (χ3n) is 5.96. The number of hydrogen-bond donors (Lipinski definition) is 1. The average Bonchev–Trinajstić information content (AvgIpc) is 3.41. The van der Waals surface area contributed by atoms with Gasteiger partial charge in [-0.2, -0.15) is 0 Å². The van der Waals surface area contributed by atoms with Crippen LogP contribution in [0, 0.1) is 12.7 Å². The number of fused-ring (bicyclic) bond motifs is 1. The third-order valence-corrected chi connectivity index (χ3v) is 6.98. The molecule has 1 saturated heterocycles. The fourth-order valence-corrected chi connectivity index (χ4v) is 5.14. The number of amides is 1. The van der Waals surface area contributed by atoms with Crippen molar-refractivity contribution < 1.29 is 28.6 Å². The van der Waals surface area contributed by atoms with E-state index in [2.05, 4.69) is 4.98 Å². The Morgan fingerprint density at radius 3 is 2.36 bits per heavy atom. The predicted molar refractivity (Wildman–Crippen MR) is 133 cm³/mol. The number of aliphatic hydroxyl groups excluding tert-OH is 1. The van der Waals surface area contributed by atoms with Gasteiger partial charge < -0.3 is 9.84 Å². The van der Waals surface area contributed by atoms with Crippen LogP contribution in [0.4, 0.5) is 9.52 Å². The van der Waals surface area contributed by atoms with Crippen molar-refractivity contribution >= 4 is 50.1 Å². The second kappa shape index (κ2) is 9.01. The van der Waals surface area contributed by atoms with Gasteiger partial charge in [0, 0.05) is 5.56 Å². The number of rotatable bonds is 4. The zero-order valence-electron chi connectivity index (χ0n) is 19.2. The fraction of sp³-hybridized carbons (Fsp3) is 0.111. The summed E-state index contributed by atoms with van der Waals surface area (Å²) in [5.41, 5.74) is 2.45. The van der Waals surface area contributed by atoms with E-state index in [1.54, 1.807) is 36.4 Å². The normalized spacial score (nSPS) is 17.1. The molecule has 4 aromatic rings. The monoisotopic (exact) mass is 502 g/mol. The van der Waals surface area contributed by atoms with Crippen molar-refractivity contribution in [1.82, 2.24) is 4.98 Å². The van der Waals surface area contributed by atoms with Crippen LogP contribution in [0.25, 0.3) is 16.0 Å². The van der Waals surface area contributed by atoms with E-state index in [-0.39, 0.29) is 22.0 Å². The summed E-state index contributed by atoms with van der Waals surface area (Å²) in [7, 11) is 1.27. The molecule has 1 amide bonds. The van der Waals surface area contributed by atoms with Gasteiger partial charge >= 0.3 is 11.9 Å². The van der Waals surface area contributed by atoms with E-state index in [9.17, 15) is 23.9 Å². The number of benzene rings is 3. The van der Waals surface area contributed by atoms with E-state index in [4.69, 9.17) is 4.74 Å². The van der Waals surface area contributed by atoms with E-state index in [0.717, 1.165) is 16.9 Å². The van der Waals surface area contributed by atoms with Gasteiger partial charge in [-0.25, -0.2) is 14.2 Å². The molecule has 0 aliphatic carbocycles. The molecule has 1 aliphatic rings. The molecule has 1 atom stereocenters. The highest BCUT2D eigenvalue weighted by Crippen LogP contribution is 2.44. The Kier molecular flexibility index (Phi) is 5.85. The summed E-state index contributed by atoms with van der Waals surface area (Å²) in [6, 6.07) is 16.1. The van der Waals surface area contributed by atoms with Crippen molar-refractivity contribution in [3.8, 4) is 0 Å². The molecule has 1 fully saturated rings. The molecule has 0 bridgehead atoms. The summed E-state index contributed by atoms with van der Waals surface area (Å²) >= 11 is 1.06. The molecule has 0 saturated carbocycles. The zero-order chi connectivity index (χ0) is 25.6. The minimum absolute atomic E-state index is 0.111. The van der Waals surface area contributed by atoms with E-state index >= 15 is 0 Å². The number of hydrogen-bond acceptors (Lipinski definition) is 7. The summed E-state index contributed by atoms with van der Waals surface area (Å²) in [4.78, 5) is 44.2. The van der Waals surface area contributed by atoms with Crippen molar-refractivity contribution in [2.45, 2.75) is 13.0 Å². The maximum Gasteiger partial charge on any atom is 0.337 e. The molecule has 2 heterocycles. The number of ketones is 1. The number of ether oxygens (including phenoxy) is 1. The van der Waals surface area contributed by atoms with Gasteiger partial charge in [-0.05, 0) is 42.8 Å². The highest BCUT2D eigenvalue weighted by molar-refractivity contribution is 7.22. The molecule has 1 aliphatic heterocycles. The SMILES string of the molecule is COC(=O)c1ccc([C@@H]2/C(=C(\O)c3ccc(C)cc3)C(=O)C(=O)N2c2nc3ccc(F)cc3s2)cc1. The first-order chi connectivity index (χ1) is 17.3. The lowest BCUT2D eigenvalue weighted by molar-refractivity contribution is -0.132. The van der Waals surface area contributed by atoms with Crippen molar-refractivity contribution in [2.75, 3.05) is 12.0 Å². The summed E-state index contributed by atoms with van der Waals surface area (Å²) in [5, 5.41) is 11.4. The molecule has 3 aromatic carbocycles. The molecule has 36 heavy (non-hydrogen) atoms. The summed E-state index contributed by atoms with van der Waals surface area (Å²) in [6.45, 7) is 1.89. The quantitative estimate of drug-likeness (QED) is 0.179. The summed E-state index contributed by atoms with van der Waals surface area (Å²) in [5.74, 6) is -3.06. The molecule has 9 heteroatoms. The molecule has 0 radical (unpaired) electrons. The fourth-order valence-electron chi connectivity index (χ4n) is 4.12. The highest BCUT2D eigenvalue weighted by atomic mass is 32.1. The first kappa shape index (κ1) is 23.4. The van der Waals surface area contributed by atoms with Gasteiger partial charge in [0.1, 0.15) is 11.6 Å². The number of aryl methyl sites for hydroxylation is 1. The third kappa shape index (κ3) is 3.93. The molecular formula is C27H19FN2O5S. The molecule has 1 aromatic heterocycles. The first-order valence-electron chi connectivity index (χ1n) is 10.9. The van der Waals surface area contributed by atoms with Gasteiger partial charge in [-0.15, -0.1) is 0 Å². The summed E-state index contributed by atoms with van der Waals surface area (Å²) in [6.07, 6.45) is 0. The molecular weight excluding hydrogens is 483 g/mol. The maximum absolute atomic E-state index is 13.8. The lowest BCUT2D eigenvalue weighted by atomic mass is 9.94. The van der Waals surface area contributed by atoms with Crippen LogP contribution in [0.15, 0.2) is 72.3 Å². The second-order valence-corrected chi connectivity index (χ2v) is 9.27. The molecule has 180 valence electrons. The minimum Gasteiger partial charge on any atom is -0.507 e. The number of nitrogens with zero attached hydrogens (tertiary/aromatic N) is 2. The van der Waals surface area contributed by atoms with E-state index < -0.39 is 29.5 Å². The predicted octanol–water partition coefficient (Wildman–Crippen LogP) is 5.16. The largest absolute Gasteiger partial charge is 0.507 e. The lowest BCUT2D eigenvalue weighted by Crippen LogP contribution is -2.29. The smallest absolute Gasteiger partial charge is 0.337 e. The van der Waals surface area contributed by atoms with Gasteiger partial charge in [0.2, 0.25) is 0 Å². The molecule has 5 rings (SSSR count). The number of esters is 1. The van der Waals surface area contributed by atoms with Gasteiger partial charge in [0.05, 0.1) is 34.5 Å². The highest BCUT2D eigenvalue weighted by Gasteiger charge is 2.48. The first-order valence-corrected chi connectivity index (χ1v) is 11.7. The maximum atomic E-state index is 13.8. The zero-order valence-corrected chi connectivity index (χ0v) is 20.0. The number of methoxy groups -OCH3 is 1. The van der Waals surface area contributed by atoms with Crippen LogP contribution < -0.4 is 4.90 Å². The van der Waals surface area contributed by atoms with Gasteiger partial charge in [-0.3, -0.25) is 14.5 Å². The van der Waals surface area contributed by atoms with Gasteiger partial charge in [0.25, 0.3) is 5.78 Å². The number of halogens is 1. The number of aromatic nitrogens is 1. The number of aliphatic hydroxyl groups is 1. The Balaban J connectivity index is 1.70. The van der Waals surface area contributed by atoms with Crippen molar-refractivity contribution in [1.29, 1.82) is 0 Å².